The Labute approximate surface area is 170 Å². The number of fused-ring (bicyclic) bond motifs is 1. The van der Waals surface area contributed by atoms with Gasteiger partial charge in [0.1, 0.15) is 11.5 Å². The molecule has 2 aromatic carbocycles. The van der Waals surface area contributed by atoms with Crippen molar-refractivity contribution in [1.29, 1.82) is 0 Å². The second-order valence-electron chi connectivity index (χ2n) is 6.49. The first kappa shape index (κ1) is 17.6. The van der Waals surface area contributed by atoms with Crippen LogP contribution < -0.4 is 15.6 Å². The lowest BCUT2D eigenvalue weighted by Crippen LogP contribution is -2.14. The highest BCUT2D eigenvalue weighted by Crippen LogP contribution is 2.23. The highest BCUT2D eigenvalue weighted by molar-refractivity contribution is 5.61. The molecule has 0 aliphatic heterocycles. The van der Waals surface area contributed by atoms with E-state index >= 15 is 0 Å². The van der Waals surface area contributed by atoms with Crippen LogP contribution in [0, 0.1) is 0 Å². The average molecular weight is 396 g/mol. The molecule has 0 unspecified atom stereocenters. The number of rotatable bonds is 5. The summed E-state index contributed by atoms with van der Waals surface area (Å²) in [6.45, 7) is 0. The maximum absolute atomic E-state index is 12.5. The lowest BCUT2D eigenvalue weighted by Gasteiger charge is -2.06. The summed E-state index contributed by atoms with van der Waals surface area (Å²) in [5, 5.41) is 6.07. The Hall–Kier alpha value is -4.46. The molecular weight excluding hydrogens is 380 g/mol. The molecule has 0 radical (unpaired) electrons. The van der Waals surface area contributed by atoms with Gasteiger partial charge in [0.25, 0.3) is 11.3 Å². The van der Waals surface area contributed by atoms with Gasteiger partial charge in [0, 0.05) is 29.7 Å². The maximum atomic E-state index is 12.5. The van der Waals surface area contributed by atoms with Crippen molar-refractivity contribution in [1.82, 2.24) is 24.6 Å². The molecule has 3 heterocycles. The summed E-state index contributed by atoms with van der Waals surface area (Å²) in [5.41, 5.74) is 1.99. The second-order valence-corrected chi connectivity index (χ2v) is 6.49. The molecule has 0 aliphatic rings. The van der Waals surface area contributed by atoms with Crippen molar-refractivity contribution in [2.24, 2.45) is 0 Å². The van der Waals surface area contributed by atoms with Gasteiger partial charge in [-0.05, 0) is 36.4 Å². The van der Waals surface area contributed by atoms with Crippen LogP contribution in [0.4, 0.5) is 11.6 Å². The van der Waals surface area contributed by atoms with Crippen molar-refractivity contribution in [2.45, 2.75) is 0 Å². The molecule has 8 heteroatoms. The van der Waals surface area contributed by atoms with Crippen LogP contribution in [-0.4, -0.2) is 24.6 Å². The summed E-state index contributed by atoms with van der Waals surface area (Å²) in [6.07, 6.45) is 3.35. The number of H-pyrrole nitrogens is 1. The monoisotopic (exact) mass is 396 g/mol. The predicted octanol–water partition coefficient (Wildman–Crippen LogP) is 4.02. The smallest absolute Gasteiger partial charge is 0.274 e. The molecule has 0 aliphatic carbocycles. The van der Waals surface area contributed by atoms with Crippen LogP contribution in [0.15, 0.2) is 90.0 Å². The Balaban J connectivity index is 1.38. The Kier molecular flexibility index (Phi) is 4.41. The lowest BCUT2D eigenvalue weighted by atomic mass is 10.1. The first-order valence-electron chi connectivity index (χ1n) is 9.25. The van der Waals surface area contributed by atoms with Crippen LogP contribution in [-0.2, 0) is 0 Å². The minimum Gasteiger partial charge on any atom is -0.457 e. The van der Waals surface area contributed by atoms with E-state index in [2.05, 4.69) is 25.4 Å². The van der Waals surface area contributed by atoms with E-state index in [0.29, 0.717) is 28.9 Å². The summed E-state index contributed by atoms with van der Waals surface area (Å²) in [4.78, 5) is 25.3. The molecule has 0 saturated carbocycles. The molecule has 2 N–H and O–H groups in total. The molecular formula is C22H16N6O2. The molecule has 0 amide bonds. The fourth-order valence-electron chi connectivity index (χ4n) is 2.98. The van der Waals surface area contributed by atoms with Gasteiger partial charge in [-0.25, -0.2) is 4.98 Å². The van der Waals surface area contributed by atoms with Gasteiger partial charge in [0.05, 0.1) is 5.69 Å². The van der Waals surface area contributed by atoms with Crippen molar-refractivity contribution in [3.63, 3.8) is 0 Å². The highest BCUT2D eigenvalue weighted by atomic mass is 16.5. The first-order valence-corrected chi connectivity index (χ1v) is 9.25. The van der Waals surface area contributed by atoms with Gasteiger partial charge in [0.15, 0.2) is 0 Å². The van der Waals surface area contributed by atoms with Gasteiger partial charge in [-0.3, -0.25) is 14.9 Å². The molecule has 0 spiro atoms. The zero-order valence-electron chi connectivity index (χ0n) is 15.7. The van der Waals surface area contributed by atoms with E-state index in [1.165, 1.54) is 10.6 Å². The minimum absolute atomic E-state index is 0.236. The molecule has 3 aromatic heterocycles. The van der Waals surface area contributed by atoms with Gasteiger partial charge in [-0.15, -0.1) is 0 Å². The minimum atomic E-state index is -0.236. The number of nitrogens with zero attached hydrogens (tertiary/aromatic N) is 4. The van der Waals surface area contributed by atoms with E-state index in [0.717, 1.165) is 11.3 Å². The van der Waals surface area contributed by atoms with Crippen LogP contribution >= 0.6 is 0 Å². The summed E-state index contributed by atoms with van der Waals surface area (Å²) in [6, 6.07) is 22.0. The zero-order chi connectivity index (χ0) is 20.3. The maximum Gasteiger partial charge on any atom is 0.274 e. The first-order chi connectivity index (χ1) is 14.7. The SMILES string of the molecule is O=c1cc(-c2ccccc2)nc2nc(Nc3ccc(Oc4ccncc4)cc3)[nH]n12. The van der Waals surface area contributed by atoms with Crippen LogP contribution in [0.1, 0.15) is 0 Å². The van der Waals surface area contributed by atoms with Crippen LogP contribution in [0.5, 0.6) is 11.5 Å². The standard InChI is InChI=1S/C22H16N6O2/c29-20-14-19(15-4-2-1-3-5-15)25-22-26-21(27-28(20)22)24-16-6-8-17(9-7-16)30-18-10-12-23-13-11-18/h1-14H,(H2,24,25,26,27). The fraction of sp³-hybridized carbons (Fsp3) is 0. The molecule has 0 bridgehead atoms. The third-order valence-electron chi connectivity index (χ3n) is 4.40. The van der Waals surface area contributed by atoms with Gasteiger partial charge in [-0.1, -0.05) is 30.3 Å². The highest BCUT2D eigenvalue weighted by Gasteiger charge is 2.09. The molecule has 5 aromatic rings. The molecule has 5 rings (SSSR count). The number of aromatic amines is 1. The Bertz CT molecular complexity index is 1350. The Morgan fingerprint density at radius 2 is 1.60 bits per heavy atom. The quantitative estimate of drug-likeness (QED) is 0.466. The Morgan fingerprint density at radius 1 is 0.867 bits per heavy atom. The van der Waals surface area contributed by atoms with E-state index in [1.54, 1.807) is 24.5 Å². The van der Waals surface area contributed by atoms with Gasteiger partial charge >= 0.3 is 0 Å². The van der Waals surface area contributed by atoms with Crippen molar-refractivity contribution in [3.05, 3.63) is 95.5 Å². The number of aromatic nitrogens is 5. The summed E-state index contributed by atoms with van der Waals surface area (Å²) < 4.78 is 7.06. The number of nitrogens with one attached hydrogen (secondary N) is 2. The van der Waals surface area contributed by atoms with Crippen LogP contribution in [0.25, 0.3) is 17.0 Å². The number of ether oxygens (including phenoxy) is 1. The van der Waals surface area contributed by atoms with Crippen molar-refractivity contribution in [3.8, 4) is 22.8 Å². The van der Waals surface area contributed by atoms with Crippen LogP contribution in [0.3, 0.4) is 0 Å². The predicted molar refractivity (Wildman–Crippen MR) is 113 cm³/mol. The average Bonchev–Trinajstić information content (AvgIpc) is 3.19. The van der Waals surface area contributed by atoms with Gasteiger partial charge in [0.2, 0.25) is 5.95 Å². The number of pyridine rings is 1. The van der Waals surface area contributed by atoms with E-state index in [-0.39, 0.29) is 5.56 Å². The second kappa shape index (κ2) is 7.51. The third-order valence-corrected chi connectivity index (χ3v) is 4.40. The topological polar surface area (TPSA) is 97.2 Å². The number of benzene rings is 2. The van der Waals surface area contributed by atoms with Crippen molar-refractivity contribution >= 4 is 17.4 Å². The van der Waals surface area contributed by atoms with E-state index in [4.69, 9.17) is 4.74 Å². The van der Waals surface area contributed by atoms with Gasteiger partial charge < -0.3 is 10.1 Å². The molecule has 8 nitrogen and oxygen atoms in total. The molecule has 146 valence electrons. The van der Waals surface area contributed by atoms with Crippen molar-refractivity contribution < 1.29 is 4.74 Å². The zero-order valence-corrected chi connectivity index (χ0v) is 15.7. The fourth-order valence-corrected chi connectivity index (χ4v) is 2.98. The van der Waals surface area contributed by atoms with Gasteiger partial charge in [-0.2, -0.15) is 9.50 Å². The number of hydrogen-bond acceptors (Lipinski definition) is 6. The molecule has 30 heavy (non-hydrogen) atoms. The summed E-state index contributed by atoms with van der Waals surface area (Å²) in [5.74, 6) is 2.11. The largest absolute Gasteiger partial charge is 0.457 e. The van der Waals surface area contributed by atoms with E-state index < -0.39 is 0 Å². The molecule has 0 saturated heterocycles. The number of anilines is 2. The molecule has 0 fully saturated rings. The van der Waals surface area contributed by atoms with E-state index in [9.17, 15) is 4.79 Å². The number of hydrogen-bond donors (Lipinski definition) is 2. The van der Waals surface area contributed by atoms with Crippen LogP contribution in [0.2, 0.25) is 0 Å². The van der Waals surface area contributed by atoms with Crippen molar-refractivity contribution in [2.75, 3.05) is 5.32 Å². The molecule has 0 atom stereocenters. The normalized spacial score (nSPS) is 10.8. The van der Waals surface area contributed by atoms with E-state index in [1.807, 2.05) is 54.6 Å². The summed E-state index contributed by atoms with van der Waals surface area (Å²) in [7, 11) is 0. The lowest BCUT2D eigenvalue weighted by molar-refractivity contribution is 0.482. The summed E-state index contributed by atoms with van der Waals surface area (Å²) >= 11 is 0. The third kappa shape index (κ3) is 3.61. The Morgan fingerprint density at radius 3 is 2.37 bits per heavy atom.